The molecule has 0 aliphatic carbocycles. The van der Waals surface area contributed by atoms with Crippen molar-refractivity contribution in [3.63, 3.8) is 0 Å². The number of benzene rings is 1. The van der Waals surface area contributed by atoms with Crippen molar-refractivity contribution < 1.29 is 14.0 Å². The predicted octanol–water partition coefficient (Wildman–Crippen LogP) is 3.06. The molecule has 9 heteroatoms. The van der Waals surface area contributed by atoms with E-state index in [1.165, 1.54) is 18.3 Å². The van der Waals surface area contributed by atoms with E-state index in [0.29, 0.717) is 35.6 Å². The minimum atomic E-state index is -0.651. The summed E-state index contributed by atoms with van der Waals surface area (Å²) in [4.78, 5) is 34.1. The molecule has 1 fully saturated rings. The molecule has 2 aromatic heterocycles. The van der Waals surface area contributed by atoms with Crippen molar-refractivity contribution in [1.29, 1.82) is 10.5 Å². The average molecular weight is 428 g/mol. The highest BCUT2D eigenvalue weighted by molar-refractivity contribution is 5.96. The lowest BCUT2D eigenvalue weighted by molar-refractivity contribution is -0.119. The second-order valence-corrected chi connectivity index (χ2v) is 7.33. The summed E-state index contributed by atoms with van der Waals surface area (Å²) in [6.07, 6.45) is 2.01. The molecule has 4 rings (SSSR count). The van der Waals surface area contributed by atoms with Crippen molar-refractivity contribution in [1.82, 2.24) is 14.9 Å². The van der Waals surface area contributed by atoms with Crippen LogP contribution in [0.1, 0.15) is 28.2 Å². The Morgan fingerprint density at radius 3 is 2.81 bits per heavy atom. The first kappa shape index (κ1) is 20.8. The lowest BCUT2D eigenvalue weighted by Crippen LogP contribution is -2.31. The summed E-state index contributed by atoms with van der Waals surface area (Å²) in [5.74, 6) is -1.62. The van der Waals surface area contributed by atoms with E-state index in [0.717, 1.165) is 6.07 Å². The van der Waals surface area contributed by atoms with E-state index >= 15 is 0 Å². The third-order valence-electron chi connectivity index (χ3n) is 5.32. The van der Waals surface area contributed by atoms with Gasteiger partial charge in [0.1, 0.15) is 29.3 Å². The normalized spacial score (nSPS) is 15.1. The van der Waals surface area contributed by atoms with Crippen LogP contribution in [0.5, 0.6) is 0 Å². The van der Waals surface area contributed by atoms with Crippen LogP contribution in [0.3, 0.4) is 0 Å². The Morgan fingerprint density at radius 2 is 2.03 bits per heavy atom. The Hall–Kier alpha value is -4.50. The molecule has 0 spiro atoms. The first-order valence-corrected chi connectivity index (χ1v) is 9.84. The van der Waals surface area contributed by atoms with Crippen LogP contribution in [0.15, 0.2) is 48.7 Å². The Labute approximate surface area is 182 Å². The van der Waals surface area contributed by atoms with Gasteiger partial charge in [-0.2, -0.15) is 10.5 Å². The SMILES string of the molecule is N#Cc1cc(NC(=O)[C@H]2CCN(C(=O)c3ccc(-c4cccnc4C#N)[nH]3)C2)ccc1F. The van der Waals surface area contributed by atoms with E-state index in [2.05, 4.69) is 15.3 Å². The van der Waals surface area contributed by atoms with Gasteiger partial charge in [0.15, 0.2) is 0 Å². The second kappa shape index (κ2) is 8.70. The van der Waals surface area contributed by atoms with Crippen molar-refractivity contribution in [3.05, 3.63) is 71.4 Å². The number of aromatic amines is 1. The molecule has 0 saturated carbocycles. The number of likely N-dealkylation sites (tertiary alicyclic amines) is 1. The first-order valence-electron chi connectivity index (χ1n) is 9.84. The number of nitrogens with zero attached hydrogens (tertiary/aromatic N) is 4. The lowest BCUT2D eigenvalue weighted by Gasteiger charge is -2.16. The molecule has 2 N–H and O–H groups in total. The van der Waals surface area contributed by atoms with Gasteiger partial charge in [0, 0.05) is 36.2 Å². The molecule has 1 aromatic carbocycles. The van der Waals surface area contributed by atoms with Gasteiger partial charge in [0.05, 0.1) is 11.5 Å². The fourth-order valence-corrected chi connectivity index (χ4v) is 3.65. The number of anilines is 1. The number of H-pyrrole nitrogens is 1. The van der Waals surface area contributed by atoms with Crippen molar-refractivity contribution in [3.8, 4) is 23.4 Å². The van der Waals surface area contributed by atoms with Gasteiger partial charge in [0.25, 0.3) is 5.91 Å². The maximum absolute atomic E-state index is 13.5. The monoisotopic (exact) mass is 428 g/mol. The highest BCUT2D eigenvalue weighted by Crippen LogP contribution is 2.24. The zero-order valence-corrected chi connectivity index (χ0v) is 16.8. The number of hydrogen-bond donors (Lipinski definition) is 2. The highest BCUT2D eigenvalue weighted by Gasteiger charge is 2.32. The first-order chi connectivity index (χ1) is 15.5. The van der Waals surface area contributed by atoms with Gasteiger partial charge in [-0.05, 0) is 48.9 Å². The quantitative estimate of drug-likeness (QED) is 0.661. The summed E-state index contributed by atoms with van der Waals surface area (Å²) in [7, 11) is 0. The number of amides is 2. The van der Waals surface area contributed by atoms with E-state index in [-0.39, 0.29) is 29.6 Å². The number of nitriles is 2. The summed E-state index contributed by atoms with van der Waals surface area (Å²) in [5.41, 5.74) is 2.00. The Balaban J connectivity index is 1.42. The minimum absolute atomic E-state index is 0.151. The minimum Gasteiger partial charge on any atom is -0.350 e. The molecule has 0 radical (unpaired) electrons. The maximum Gasteiger partial charge on any atom is 0.270 e. The molecule has 3 aromatic rings. The maximum atomic E-state index is 13.5. The van der Waals surface area contributed by atoms with Gasteiger partial charge in [-0.25, -0.2) is 9.37 Å². The van der Waals surface area contributed by atoms with Crippen molar-refractivity contribution in [2.24, 2.45) is 5.92 Å². The van der Waals surface area contributed by atoms with Crippen molar-refractivity contribution in [2.45, 2.75) is 6.42 Å². The average Bonchev–Trinajstić information content (AvgIpc) is 3.50. The fourth-order valence-electron chi connectivity index (χ4n) is 3.65. The smallest absolute Gasteiger partial charge is 0.270 e. The molecule has 3 heterocycles. The number of nitrogens with one attached hydrogen (secondary N) is 2. The van der Waals surface area contributed by atoms with E-state index in [1.54, 1.807) is 35.2 Å². The summed E-state index contributed by atoms with van der Waals surface area (Å²) < 4.78 is 13.5. The Bertz CT molecular complexity index is 1290. The van der Waals surface area contributed by atoms with Crippen LogP contribution in [0.2, 0.25) is 0 Å². The van der Waals surface area contributed by atoms with Crippen LogP contribution in [0.25, 0.3) is 11.3 Å². The van der Waals surface area contributed by atoms with Crippen LogP contribution in [0, 0.1) is 34.4 Å². The number of rotatable bonds is 4. The molecule has 1 saturated heterocycles. The van der Waals surface area contributed by atoms with Crippen molar-refractivity contribution >= 4 is 17.5 Å². The topological polar surface area (TPSA) is 126 Å². The zero-order chi connectivity index (χ0) is 22.7. The molecule has 0 unspecified atom stereocenters. The van der Waals surface area contributed by atoms with Crippen LogP contribution in [-0.4, -0.2) is 39.8 Å². The second-order valence-electron chi connectivity index (χ2n) is 7.33. The van der Waals surface area contributed by atoms with Crippen LogP contribution in [0.4, 0.5) is 10.1 Å². The van der Waals surface area contributed by atoms with E-state index in [4.69, 9.17) is 5.26 Å². The molecule has 8 nitrogen and oxygen atoms in total. The van der Waals surface area contributed by atoms with E-state index < -0.39 is 11.7 Å². The van der Waals surface area contributed by atoms with Gasteiger partial charge >= 0.3 is 0 Å². The summed E-state index contributed by atoms with van der Waals surface area (Å²) in [6, 6.07) is 14.4. The Kier molecular flexibility index (Phi) is 5.65. The molecule has 0 bridgehead atoms. The standard InChI is InChI=1S/C23H17FN6O2/c24-18-4-3-16(10-15(18)11-25)28-22(31)14-7-9-30(13-14)23(32)20-6-5-19(29-20)17-2-1-8-27-21(17)12-26/h1-6,8,10,14,29H,7,9,13H2,(H,28,31)/t14-/m0/s1. The van der Waals surface area contributed by atoms with Crippen molar-refractivity contribution in [2.75, 3.05) is 18.4 Å². The fraction of sp³-hybridized carbons (Fsp3) is 0.174. The highest BCUT2D eigenvalue weighted by atomic mass is 19.1. The number of carbonyl (C=O) groups is 2. The molecule has 1 aliphatic rings. The van der Waals surface area contributed by atoms with Gasteiger partial charge in [-0.1, -0.05) is 0 Å². The summed E-state index contributed by atoms with van der Waals surface area (Å²) >= 11 is 0. The molecule has 32 heavy (non-hydrogen) atoms. The summed E-state index contributed by atoms with van der Waals surface area (Å²) in [5, 5.41) is 20.8. The molecule has 158 valence electrons. The molecule has 2 amide bonds. The van der Waals surface area contributed by atoms with Gasteiger partial charge in [0.2, 0.25) is 5.91 Å². The van der Waals surface area contributed by atoms with Gasteiger partial charge in [-0.3, -0.25) is 9.59 Å². The van der Waals surface area contributed by atoms with Crippen LogP contribution < -0.4 is 5.32 Å². The van der Waals surface area contributed by atoms with Gasteiger partial charge in [-0.15, -0.1) is 0 Å². The number of halogens is 1. The molecule has 1 aliphatic heterocycles. The Morgan fingerprint density at radius 1 is 1.19 bits per heavy atom. The molecule has 1 atom stereocenters. The number of pyridine rings is 1. The summed E-state index contributed by atoms with van der Waals surface area (Å²) in [6.45, 7) is 0.649. The molecular formula is C23H17FN6O2. The van der Waals surface area contributed by atoms with Crippen LogP contribution in [-0.2, 0) is 4.79 Å². The molecular weight excluding hydrogens is 411 g/mol. The zero-order valence-electron chi connectivity index (χ0n) is 16.8. The lowest BCUT2D eigenvalue weighted by atomic mass is 10.1. The third kappa shape index (κ3) is 4.05. The van der Waals surface area contributed by atoms with E-state index in [1.807, 2.05) is 6.07 Å². The predicted molar refractivity (Wildman–Crippen MR) is 112 cm³/mol. The third-order valence-corrected chi connectivity index (χ3v) is 5.32. The van der Waals surface area contributed by atoms with Gasteiger partial charge < -0.3 is 15.2 Å². The van der Waals surface area contributed by atoms with E-state index in [9.17, 15) is 19.2 Å². The largest absolute Gasteiger partial charge is 0.350 e. The number of aromatic nitrogens is 2. The number of hydrogen-bond acceptors (Lipinski definition) is 5. The number of carbonyl (C=O) groups excluding carboxylic acids is 2. The van der Waals surface area contributed by atoms with Crippen LogP contribution >= 0.6 is 0 Å².